The number of ether oxygens (including phenoxy) is 1. The third-order valence-corrected chi connectivity index (χ3v) is 3.78. The highest BCUT2D eigenvalue weighted by Crippen LogP contribution is 2.14. The van der Waals surface area contributed by atoms with E-state index in [9.17, 15) is 18.8 Å². The van der Waals surface area contributed by atoms with Gasteiger partial charge in [0.2, 0.25) is 5.91 Å². The van der Waals surface area contributed by atoms with E-state index in [0.717, 1.165) is 30.0 Å². The molecule has 9 nitrogen and oxygen atoms in total. The van der Waals surface area contributed by atoms with Crippen LogP contribution in [-0.4, -0.2) is 38.2 Å². The number of halogens is 2. The first-order chi connectivity index (χ1) is 12.4. The van der Waals surface area contributed by atoms with Crippen molar-refractivity contribution in [3.63, 3.8) is 0 Å². The Kier molecular flexibility index (Phi) is 4.80. The second-order valence-electron chi connectivity index (χ2n) is 5.09. The van der Waals surface area contributed by atoms with Gasteiger partial charge in [-0.1, -0.05) is 0 Å². The van der Waals surface area contributed by atoms with Crippen LogP contribution < -0.4 is 10.9 Å². The van der Waals surface area contributed by atoms with E-state index in [-0.39, 0.29) is 23.7 Å². The second-order valence-corrected chi connectivity index (χ2v) is 5.90. The summed E-state index contributed by atoms with van der Waals surface area (Å²) in [5, 5.41) is 6.44. The van der Waals surface area contributed by atoms with Crippen LogP contribution in [0, 0.1) is 5.82 Å². The van der Waals surface area contributed by atoms with E-state index in [2.05, 4.69) is 36.1 Å². The number of pyridine rings is 1. The average Bonchev–Trinajstić information content (AvgIpc) is 3.01. The summed E-state index contributed by atoms with van der Waals surface area (Å²) in [5.74, 6) is -1.73. The van der Waals surface area contributed by atoms with Crippen molar-refractivity contribution in [3.8, 4) is 0 Å². The summed E-state index contributed by atoms with van der Waals surface area (Å²) in [6, 6.07) is 4.96. The molecule has 0 radical (unpaired) electrons. The van der Waals surface area contributed by atoms with Gasteiger partial charge in [0.05, 0.1) is 13.3 Å². The van der Waals surface area contributed by atoms with Crippen LogP contribution in [0.3, 0.4) is 0 Å². The number of nitrogens with zero attached hydrogens (tertiary/aromatic N) is 4. The van der Waals surface area contributed by atoms with Crippen molar-refractivity contribution in [3.05, 3.63) is 56.9 Å². The van der Waals surface area contributed by atoms with Gasteiger partial charge in [-0.15, -0.1) is 0 Å². The number of aromatic nitrogens is 4. The predicted octanol–water partition coefficient (Wildman–Crippen LogP) is 1.22. The number of rotatable bonds is 4. The summed E-state index contributed by atoms with van der Waals surface area (Å²) in [7, 11) is 1.16. The third kappa shape index (κ3) is 3.47. The van der Waals surface area contributed by atoms with Gasteiger partial charge in [0.15, 0.2) is 0 Å². The number of hydrogen-bond donors (Lipinski definition) is 1. The van der Waals surface area contributed by atoms with Crippen LogP contribution in [0.4, 0.5) is 10.2 Å². The maximum atomic E-state index is 12.9. The van der Waals surface area contributed by atoms with Crippen LogP contribution in [0.25, 0.3) is 5.65 Å². The molecular formula is C15H11BrFN5O4. The van der Waals surface area contributed by atoms with Gasteiger partial charge in [-0.25, -0.2) is 14.2 Å². The molecule has 3 heterocycles. The fourth-order valence-corrected chi connectivity index (χ4v) is 2.66. The Morgan fingerprint density at radius 1 is 1.35 bits per heavy atom. The molecule has 0 aliphatic rings. The number of nitrogens with one attached hydrogen (secondary N) is 1. The molecule has 3 aromatic rings. The number of anilines is 1. The quantitative estimate of drug-likeness (QED) is 0.632. The van der Waals surface area contributed by atoms with Gasteiger partial charge in [0.25, 0.3) is 5.56 Å². The van der Waals surface area contributed by atoms with E-state index in [4.69, 9.17) is 0 Å². The second kappa shape index (κ2) is 7.04. The number of esters is 1. The summed E-state index contributed by atoms with van der Waals surface area (Å²) in [4.78, 5) is 40.2. The van der Waals surface area contributed by atoms with Crippen LogP contribution in [0.2, 0.25) is 0 Å². The monoisotopic (exact) mass is 423 g/mol. The zero-order chi connectivity index (χ0) is 18.8. The molecule has 1 N–H and O–H groups in total. The van der Waals surface area contributed by atoms with Crippen LogP contribution in [0.5, 0.6) is 0 Å². The fourth-order valence-electron chi connectivity index (χ4n) is 2.29. The number of methoxy groups -OCH3 is 1. The maximum absolute atomic E-state index is 12.9. The lowest BCUT2D eigenvalue weighted by atomic mass is 10.3. The van der Waals surface area contributed by atoms with E-state index in [1.54, 1.807) is 0 Å². The molecule has 1 amide bonds. The van der Waals surface area contributed by atoms with Crippen molar-refractivity contribution in [1.29, 1.82) is 0 Å². The van der Waals surface area contributed by atoms with E-state index in [1.165, 1.54) is 16.7 Å². The van der Waals surface area contributed by atoms with Crippen LogP contribution in [0.15, 0.2) is 39.9 Å². The molecule has 0 saturated heterocycles. The van der Waals surface area contributed by atoms with Crippen molar-refractivity contribution >= 4 is 39.3 Å². The number of hydrogen-bond acceptors (Lipinski definition) is 6. The molecule has 0 bridgehead atoms. The van der Waals surface area contributed by atoms with Gasteiger partial charge in [0, 0.05) is 12.1 Å². The minimum Gasteiger partial charge on any atom is -0.464 e. The lowest BCUT2D eigenvalue weighted by Crippen LogP contribution is -2.28. The Bertz CT molecular complexity index is 1060. The van der Waals surface area contributed by atoms with Gasteiger partial charge in [-0.3, -0.25) is 9.59 Å². The predicted molar refractivity (Wildman–Crippen MR) is 91.3 cm³/mol. The van der Waals surface area contributed by atoms with Gasteiger partial charge in [-0.2, -0.15) is 9.61 Å². The standard InChI is InChI=1S/C15H11BrFN5O4/c1-26-15(25)9-4-14(24)22-13(5-10(16)20-22)21(9)7-12(23)19-11-3-2-8(17)6-18-11/h2-6H,7H2,1H3,(H,18,19,23). The van der Waals surface area contributed by atoms with Gasteiger partial charge < -0.3 is 14.6 Å². The molecule has 0 spiro atoms. The molecule has 3 aromatic heterocycles. The minimum atomic E-state index is -0.783. The Hall–Kier alpha value is -3.08. The zero-order valence-electron chi connectivity index (χ0n) is 13.3. The smallest absolute Gasteiger partial charge is 0.354 e. The molecule has 0 aliphatic carbocycles. The number of carbonyl (C=O) groups excluding carboxylic acids is 2. The van der Waals surface area contributed by atoms with Crippen molar-refractivity contribution in [2.24, 2.45) is 0 Å². The molecule has 26 heavy (non-hydrogen) atoms. The summed E-state index contributed by atoms with van der Waals surface area (Å²) in [5.41, 5.74) is -0.449. The first kappa shape index (κ1) is 17.7. The van der Waals surface area contributed by atoms with Crippen LogP contribution >= 0.6 is 15.9 Å². The zero-order valence-corrected chi connectivity index (χ0v) is 14.9. The fraction of sp³-hybridized carbons (Fsp3) is 0.133. The van der Waals surface area contributed by atoms with E-state index < -0.39 is 23.3 Å². The van der Waals surface area contributed by atoms with Crippen LogP contribution in [0.1, 0.15) is 10.5 Å². The minimum absolute atomic E-state index is 0.111. The summed E-state index contributed by atoms with van der Waals surface area (Å²) >= 11 is 3.15. The molecule has 0 aliphatic heterocycles. The highest BCUT2D eigenvalue weighted by molar-refractivity contribution is 9.10. The molecule has 3 rings (SSSR count). The Labute approximate surface area is 153 Å². The van der Waals surface area contributed by atoms with Gasteiger partial charge in [0.1, 0.15) is 34.1 Å². The third-order valence-electron chi connectivity index (χ3n) is 3.39. The maximum Gasteiger partial charge on any atom is 0.354 e. The molecule has 11 heteroatoms. The normalized spacial score (nSPS) is 10.7. The lowest BCUT2D eigenvalue weighted by Gasteiger charge is -2.13. The molecule has 0 aromatic carbocycles. The van der Waals surface area contributed by atoms with E-state index >= 15 is 0 Å². The van der Waals surface area contributed by atoms with Crippen molar-refractivity contribution in [1.82, 2.24) is 19.2 Å². The topological polar surface area (TPSA) is 108 Å². The molecular weight excluding hydrogens is 413 g/mol. The highest BCUT2D eigenvalue weighted by Gasteiger charge is 2.19. The van der Waals surface area contributed by atoms with Gasteiger partial charge in [-0.05, 0) is 28.1 Å². The molecule has 0 fully saturated rings. The summed E-state index contributed by atoms with van der Waals surface area (Å²) in [6.07, 6.45) is 0.959. The SMILES string of the molecule is COC(=O)c1cc(=O)n2nc(Br)cc2n1CC(=O)Nc1ccc(F)cn1. The number of carbonyl (C=O) groups is 2. The summed E-state index contributed by atoms with van der Waals surface area (Å²) < 4.78 is 20.2. The number of fused-ring (bicyclic) bond motifs is 1. The molecule has 0 saturated carbocycles. The van der Waals surface area contributed by atoms with E-state index in [1.807, 2.05) is 0 Å². The van der Waals surface area contributed by atoms with Crippen LogP contribution in [-0.2, 0) is 16.1 Å². The Morgan fingerprint density at radius 2 is 2.12 bits per heavy atom. The first-order valence-corrected chi connectivity index (χ1v) is 7.97. The average molecular weight is 424 g/mol. The Balaban J connectivity index is 2.00. The molecule has 0 unspecified atom stereocenters. The van der Waals surface area contributed by atoms with Crippen molar-refractivity contribution in [2.75, 3.05) is 12.4 Å². The van der Waals surface area contributed by atoms with E-state index in [0.29, 0.717) is 4.60 Å². The van der Waals surface area contributed by atoms with Crippen molar-refractivity contribution < 1.29 is 18.7 Å². The molecule has 0 atom stereocenters. The largest absolute Gasteiger partial charge is 0.464 e. The van der Waals surface area contributed by atoms with Gasteiger partial charge >= 0.3 is 5.97 Å². The molecule has 134 valence electrons. The Morgan fingerprint density at radius 3 is 2.77 bits per heavy atom. The summed E-state index contributed by atoms with van der Waals surface area (Å²) in [6.45, 7) is -0.328. The number of amides is 1. The van der Waals surface area contributed by atoms with Crippen molar-refractivity contribution in [2.45, 2.75) is 6.54 Å². The highest BCUT2D eigenvalue weighted by atomic mass is 79.9. The first-order valence-electron chi connectivity index (χ1n) is 7.18. The lowest BCUT2D eigenvalue weighted by molar-refractivity contribution is -0.116.